The van der Waals surface area contributed by atoms with Crippen molar-refractivity contribution in [3.05, 3.63) is 100 Å². The third-order valence-electron chi connectivity index (χ3n) is 6.52. The number of carbonyl (C=O) groups excluding carboxylic acids is 2. The predicted octanol–water partition coefficient (Wildman–Crippen LogP) is 5.02. The number of ether oxygens (including phenoxy) is 1. The molecule has 1 heterocycles. The first-order chi connectivity index (χ1) is 17.8. The molecule has 0 saturated carbocycles. The van der Waals surface area contributed by atoms with Crippen LogP contribution >= 0.6 is 15.9 Å². The fourth-order valence-electron chi connectivity index (χ4n) is 4.41. The van der Waals surface area contributed by atoms with Crippen molar-refractivity contribution in [2.45, 2.75) is 25.5 Å². The normalized spacial score (nSPS) is 17.6. The van der Waals surface area contributed by atoms with Crippen LogP contribution in [-0.4, -0.2) is 35.7 Å². The lowest BCUT2D eigenvalue weighted by Gasteiger charge is -2.27. The number of hydrogen-bond acceptors (Lipinski definition) is 5. The van der Waals surface area contributed by atoms with Crippen molar-refractivity contribution >= 4 is 39.1 Å². The Morgan fingerprint density at radius 3 is 2.49 bits per heavy atom. The molecular formula is C29H29BrN2O5. The van der Waals surface area contributed by atoms with E-state index in [0.717, 1.165) is 10.0 Å². The summed E-state index contributed by atoms with van der Waals surface area (Å²) in [5.74, 6) is -0.467. The zero-order chi connectivity index (χ0) is 26.6. The first-order valence-corrected chi connectivity index (χ1v) is 12.7. The van der Waals surface area contributed by atoms with E-state index in [9.17, 15) is 14.7 Å². The summed E-state index contributed by atoms with van der Waals surface area (Å²) in [7, 11) is 1.57. The van der Waals surface area contributed by atoms with Gasteiger partial charge in [0.25, 0.3) is 11.8 Å². The van der Waals surface area contributed by atoms with Gasteiger partial charge in [-0.2, -0.15) is 0 Å². The highest BCUT2D eigenvalue weighted by Crippen LogP contribution is 2.46. The summed E-state index contributed by atoms with van der Waals surface area (Å²) in [6.07, 6.45) is 3.99. The van der Waals surface area contributed by atoms with Gasteiger partial charge in [0.2, 0.25) is 0 Å². The van der Waals surface area contributed by atoms with Crippen LogP contribution in [0.4, 0.5) is 11.4 Å². The lowest BCUT2D eigenvalue weighted by atomic mass is 9.83. The fraction of sp³-hybridized carbons (Fsp3) is 0.241. The Morgan fingerprint density at radius 1 is 1.14 bits per heavy atom. The van der Waals surface area contributed by atoms with Crippen molar-refractivity contribution in [2.75, 3.05) is 23.9 Å². The molecule has 3 aromatic rings. The molecule has 2 amide bonds. The molecule has 2 atom stereocenters. The minimum atomic E-state index is -1.72. The highest BCUT2D eigenvalue weighted by atomic mass is 79.9. The summed E-state index contributed by atoms with van der Waals surface area (Å²) >= 11 is 3.46. The van der Waals surface area contributed by atoms with Crippen molar-refractivity contribution in [3.63, 3.8) is 0 Å². The number of amides is 2. The Hall–Kier alpha value is -3.46. The molecule has 8 heteroatoms. The van der Waals surface area contributed by atoms with Gasteiger partial charge in [-0.25, -0.2) is 0 Å². The summed E-state index contributed by atoms with van der Waals surface area (Å²) in [5, 5.41) is 23.6. The molecule has 7 nitrogen and oxygen atoms in total. The summed E-state index contributed by atoms with van der Waals surface area (Å²) in [6, 6.07) is 19.5. The van der Waals surface area contributed by atoms with Gasteiger partial charge < -0.3 is 25.2 Å². The third kappa shape index (κ3) is 5.46. The minimum absolute atomic E-state index is 0.000398. The molecule has 4 rings (SSSR count). The number of nitrogens with one attached hydrogen (secondary N) is 1. The van der Waals surface area contributed by atoms with Crippen LogP contribution in [0, 0.1) is 5.92 Å². The van der Waals surface area contributed by atoms with Gasteiger partial charge in [0, 0.05) is 33.8 Å². The van der Waals surface area contributed by atoms with Gasteiger partial charge >= 0.3 is 0 Å². The quantitative estimate of drug-likeness (QED) is 0.317. The number of rotatable bonds is 9. The molecule has 1 aliphatic rings. The standard InChI is InChI=1S/C29H29BrN2O5/c1-19(5-3-4-16-33)29(36)25-17-22(30)10-15-26(25)32(28(29)35)18-20-6-11-23(12-7-20)31-27(34)21-8-13-24(37-2)14-9-21/h3,5-15,17,19,33,36H,4,16,18H2,1-2H3,(H,31,34)/b5-3+/t19-,29+/m0/s1. The fourth-order valence-corrected chi connectivity index (χ4v) is 4.77. The van der Waals surface area contributed by atoms with Crippen molar-refractivity contribution in [1.29, 1.82) is 0 Å². The number of hydrogen-bond donors (Lipinski definition) is 3. The van der Waals surface area contributed by atoms with Crippen LogP contribution in [0.25, 0.3) is 0 Å². The van der Waals surface area contributed by atoms with Gasteiger partial charge in [0.15, 0.2) is 5.60 Å². The maximum atomic E-state index is 13.6. The van der Waals surface area contributed by atoms with E-state index < -0.39 is 17.4 Å². The van der Waals surface area contributed by atoms with E-state index in [-0.39, 0.29) is 19.1 Å². The van der Waals surface area contributed by atoms with E-state index in [1.165, 1.54) is 0 Å². The molecule has 0 unspecified atom stereocenters. The second kappa shape index (κ2) is 11.3. The number of aliphatic hydroxyl groups excluding tert-OH is 1. The van der Waals surface area contributed by atoms with Crippen LogP contribution in [0.1, 0.15) is 34.8 Å². The molecule has 0 spiro atoms. The van der Waals surface area contributed by atoms with Crippen molar-refractivity contribution in [2.24, 2.45) is 5.92 Å². The number of halogens is 1. The van der Waals surface area contributed by atoms with Crippen molar-refractivity contribution in [1.82, 2.24) is 0 Å². The van der Waals surface area contributed by atoms with E-state index in [1.807, 2.05) is 24.3 Å². The third-order valence-corrected chi connectivity index (χ3v) is 7.01. The van der Waals surface area contributed by atoms with Crippen LogP contribution in [0.15, 0.2) is 83.4 Å². The number of nitrogens with zero attached hydrogens (tertiary/aromatic N) is 1. The molecule has 0 fully saturated rings. The highest BCUT2D eigenvalue weighted by molar-refractivity contribution is 9.10. The highest BCUT2D eigenvalue weighted by Gasteiger charge is 2.52. The average Bonchev–Trinajstić information content (AvgIpc) is 3.12. The Bertz CT molecular complexity index is 1310. The molecule has 1 aliphatic heterocycles. The Balaban J connectivity index is 1.52. The van der Waals surface area contributed by atoms with Crippen molar-refractivity contribution < 1.29 is 24.5 Å². The maximum absolute atomic E-state index is 13.6. The van der Waals surface area contributed by atoms with Crippen LogP contribution in [0.5, 0.6) is 5.75 Å². The minimum Gasteiger partial charge on any atom is -0.497 e. The zero-order valence-electron chi connectivity index (χ0n) is 20.6. The molecule has 3 aromatic carbocycles. The topological polar surface area (TPSA) is 99.1 Å². The van der Waals surface area contributed by atoms with Gasteiger partial charge in [-0.15, -0.1) is 0 Å². The van der Waals surface area contributed by atoms with Crippen LogP contribution in [-0.2, 0) is 16.9 Å². The lowest BCUT2D eigenvalue weighted by molar-refractivity contribution is -0.139. The SMILES string of the molecule is COc1ccc(C(=O)Nc2ccc(CN3C(=O)[C@@](O)([C@@H](C)/C=C/CCO)c4cc(Br)ccc43)cc2)cc1. The van der Waals surface area contributed by atoms with Gasteiger partial charge in [0.1, 0.15) is 5.75 Å². The molecule has 0 aromatic heterocycles. The molecule has 0 aliphatic carbocycles. The second-order valence-corrected chi connectivity index (χ2v) is 9.84. The summed E-state index contributed by atoms with van der Waals surface area (Å²) in [6.45, 7) is 2.05. The second-order valence-electron chi connectivity index (χ2n) is 8.93. The molecule has 0 saturated heterocycles. The first-order valence-electron chi connectivity index (χ1n) is 11.9. The van der Waals surface area contributed by atoms with Gasteiger partial charge in [-0.1, -0.05) is 47.1 Å². The smallest absolute Gasteiger partial charge is 0.264 e. The molecule has 0 radical (unpaired) electrons. The average molecular weight is 565 g/mol. The summed E-state index contributed by atoms with van der Waals surface area (Å²) < 4.78 is 5.89. The Kier molecular flexibility index (Phi) is 8.12. The van der Waals surface area contributed by atoms with Gasteiger partial charge in [-0.05, 0) is 66.6 Å². The number of carbonyl (C=O) groups is 2. The number of aliphatic hydroxyl groups is 2. The van der Waals surface area contributed by atoms with E-state index in [4.69, 9.17) is 9.84 Å². The van der Waals surface area contributed by atoms with Crippen LogP contribution < -0.4 is 15.0 Å². The zero-order valence-corrected chi connectivity index (χ0v) is 22.2. The molecule has 0 bridgehead atoms. The number of methoxy groups -OCH3 is 1. The van der Waals surface area contributed by atoms with E-state index in [0.29, 0.717) is 34.7 Å². The summed E-state index contributed by atoms with van der Waals surface area (Å²) in [4.78, 5) is 27.7. The van der Waals surface area contributed by atoms with Crippen LogP contribution in [0.3, 0.4) is 0 Å². The van der Waals surface area contributed by atoms with Crippen LogP contribution in [0.2, 0.25) is 0 Å². The molecule has 37 heavy (non-hydrogen) atoms. The van der Waals surface area contributed by atoms with Gasteiger partial charge in [0.05, 0.1) is 19.3 Å². The molecular weight excluding hydrogens is 536 g/mol. The van der Waals surface area contributed by atoms with Crippen molar-refractivity contribution in [3.8, 4) is 5.75 Å². The Morgan fingerprint density at radius 2 is 1.84 bits per heavy atom. The van der Waals surface area contributed by atoms with E-state index in [2.05, 4.69) is 21.2 Å². The lowest BCUT2D eigenvalue weighted by Crippen LogP contribution is -2.44. The number of fused-ring (bicyclic) bond motifs is 1. The largest absolute Gasteiger partial charge is 0.497 e. The first kappa shape index (κ1) is 26.6. The number of benzene rings is 3. The van der Waals surface area contributed by atoms with Gasteiger partial charge in [-0.3, -0.25) is 9.59 Å². The number of anilines is 2. The summed E-state index contributed by atoms with van der Waals surface area (Å²) in [5.41, 5.74) is 1.44. The predicted molar refractivity (Wildman–Crippen MR) is 147 cm³/mol. The molecule has 3 N–H and O–H groups in total. The Labute approximate surface area is 224 Å². The maximum Gasteiger partial charge on any atom is 0.264 e. The monoisotopic (exact) mass is 564 g/mol. The van der Waals surface area contributed by atoms with E-state index >= 15 is 0 Å². The van der Waals surface area contributed by atoms with E-state index in [1.54, 1.807) is 73.6 Å². The molecule has 192 valence electrons.